The summed E-state index contributed by atoms with van der Waals surface area (Å²) in [4.78, 5) is 0. The summed E-state index contributed by atoms with van der Waals surface area (Å²) in [5, 5.41) is 3.86. The molecule has 0 spiro atoms. The number of ether oxygens (including phenoxy) is 1. The fraction of sp³-hybridized carbons (Fsp3) is 0.667. The van der Waals surface area contributed by atoms with E-state index < -0.39 is 0 Å². The number of hydrogen-bond donors (Lipinski definition) is 1. The van der Waals surface area contributed by atoms with Crippen molar-refractivity contribution >= 4 is 0 Å². The maximum atomic E-state index is 5.22. The zero-order chi connectivity index (χ0) is 14.4. The molecule has 0 radical (unpaired) electrons. The topological polar surface area (TPSA) is 21.3 Å². The average Bonchev–Trinajstić information content (AvgIpc) is 2.90. The predicted molar refractivity (Wildman–Crippen MR) is 82.9 cm³/mol. The van der Waals surface area contributed by atoms with Crippen LogP contribution >= 0.6 is 0 Å². The molecule has 2 bridgehead atoms. The average molecular weight is 273 g/mol. The molecule has 1 N–H and O–H groups in total. The van der Waals surface area contributed by atoms with E-state index in [-0.39, 0.29) is 0 Å². The first-order chi connectivity index (χ1) is 9.45. The fourth-order valence-electron chi connectivity index (χ4n) is 4.77. The number of methoxy groups -OCH3 is 1. The monoisotopic (exact) mass is 273 g/mol. The Hall–Kier alpha value is -1.02. The van der Waals surface area contributed by atoms with Gasteiger partial charge in [-0.1, -0.05) is 32.9 Å². The smallest absolute Gasteiger partial charge is 0.118 e. The van der Waals surface area contributed by atoms with Gasteiger partial charge in [0, 0.05) is 12.6 Å². The number of benzene rings is 1. The van der Waals surface area contributed by atoms with Gasteiger partial charge in [-0.15, -0.1) is 0 Å². The minimum atomic E-state index is 0.430. The van der Waals surface area contributed by atoms with Crippen molar-refractivity contribution in [2.45, 2.75) is 52.6 Å². The van der Waals surface area contributed by atoms with Crippen LogP contribution in [-0.2, 0) is 6.54 Å². The second-order valence-corrected chi connectivity index (χ2v) is 7.58. The van der Waals surface area contributed by atoms with Gasteiger partial charge < -0.3 is 10.1 Å². The highest BCUT2D eigenvalue weighted by Gasteiger charge is 2.58. The van der Waals surface area contributed by atoms with E-state index in [4.69, 9.17) is 4.74 Å². The van der Waals surface area contributed by atoms with Gasteiger partial charge in [0.15, 0.2) is 0 Å². The number of hydrogen-bond acceptors (Lipinski definition) is 2. The molecule has 110 valence electrons. The maximum absolute atomic E-state index is 5.22. The first-order valence-corrected chi connectivity index (χ1v) is 7.82. The van der Waals surface area contributed by atoms with Crippen LogP contribution in [0.15, 0.2) is 24.3 Å². The molecule has 0 saturated heterocycles. The van der Waals surface area contributed by atoms with Crippen LogP contribution in [0.1, 0.15) is 45.6 Å². The number of nitrogens with one attached hydrogen (secondary N) is 1. The van der Waals surface area contributed by atoms with Gasteiger partial charge in [0.05, 0.1) is 7.11 Å². The van der Waals surface area contributed by atoms with Crippen LogP contribution in [0.3, 0.4) is 0 Å². The molecule has 2 aliphatic rings. The van der Waals surface area contributed by atoms with Gasteiger partial charge in [-0.2, -0.15) is 0 Å². The summed E-state index contributed by atoms with van der Waals surface area (Å²) in [7, 11) is 1.71. The predicted octanol–water partition coefficient (Wildman–Crippen LogP) is 4.00. The molecule has 20 heavy (non-hydrogen) atoms. The molecule has 1 unspecified atom stereocenters. The normalized spacial score (nSPS) is 34.4. The molecule has 2 nitrogen and oxygen atoms in total. The highest BCUT2D eigenvalue weighted by molar-refractivity contribution is 5.27. The summed E-state index contributed by atoms with van der Waals surface area (Å²) in [6.07, 6.45) is 4.21. The van der Waals surface area contributed by atoms with Crippen molar-refractivity contribution in [3.63, 3.8) is 0 Å². The summed E-state index contributed by atoms with van der Waals surface area (Å²) in [6, 6.07) is 9.05. The van der Waals surface area contributed by atoms with Crippen LogP contribution in [-0.4, -0.2) is 13.2 Å². The van der Waals surface area contributed by atoms with Crippen molar-refractivity contribution in [3.8, 4) is 5.75 Å². The van der Waals surface area contributed by atoms with Gasteiger partial charge in [0.2, 0.25) is 0 Å². The minimum Gasteiger partial charge on any atom is -0.497 e. The largest absolute Gasteiger partial charge is 0.497 e. The van der Waals surface area contributed by atoms with Gasteiger partial charge in [-0.3, -0.25) is 0 Å². The molecule has 1 aromatic carbocycles. The van der Waals surface area contributed by atoms with Gasteiger partial charge in [-0.05, 0) is 53.7 Å². The van der Waals surface area contributed by atoms with Crippen LogP contribution in [0.5, 0.6) is 5.75 Å². The van der Waals surface area contributed by atoms with Crippen molar-refractivity contribution in [1.29, 1.82) is 0 Å². The fourth-order valence-corrected chi connectivity index (χ4v) is 4.77. The standard InChI is InChI=1S/C18H27NO/c1-17(2)14-9-10-18(3,11-14)16(17)19-12-13-5-7-15(20-4)8-6-13/h5-8,14,16,19H,9-12H2,1-4H3/t14-,16?,18+/m0/s1. The van der Waals surface area contributed by atoms with Crippen LogP contribution in [0.25, 0.3) is 0 Å². The van der Waals surface area contributed by atoms with E-state index in [1.165, 1.54) is 24.8 Å². The van der Waals surface area contributed by atoms with E-state index >= 15 is 0 Å². The molecule has 0 aliphatic heterocycles. The SMILES string of the molecule is COc1ccc(CNC2C(C)(C)[C@H]3CC[C@]2(C)C3)cc1. The van der Waals surface area contributed by atoms with Crippen LogP contribution < -0.4 is 10.1 Å². The lowest BCUT2D eigenvalue weighted by atomic mass is 9.68. The third-order valence-electron chi connectivity index (χ3n) is 5.94. The zero-order valence-electron chi connectivity index (χ0n) is 13.2. The Bertz CT molecular complexity index is 474. The molecule has 2 heteroatoms. The zero-order valence-corrected chi connectivity index (χ0v) is 13.2. The molecule has 0 amide bonds. The molecular formula is C18H27NO. The third-order valence-corrected chi connectivity index (χ3v) is 5.94. The first kappa shape index (κ1) is 13.9. The summed E-state index contributed by atoms with van der Waals surface area (Å²) >= 11 is 0. The van der Waals surface area contributed by atoms with E-state index in [0.29, 0.717) is 16.9 Å². The van der Waals surface area contributed by atoms with Crippen LogP contribution in [0.2, 0.25) is 0 Å². The van der Waals surface area contributed by atoms with Crippen LogP contribution in [0.4, 0.5) is 0 Å². The molecule has 0 heterocycles. The van der Waals surface area contributed by atoms with Crippen LogP contribution in [0, 0.1) is 16.7 Å². The molecule has 2 aliphatic carbocycles. The van der Waals surface area contributed by atoms with Crippen molar-refractivity contribution in [2.75, 3.05) is 7.11 Å². The number of fused-ring (bicyclic) bond motifs is 2. The van der Waals surface area contributed by atoms with E-state index in [0.717, 1.165) is 18.2 Å². The Balaban J connectivity index is 1.68. The van der Waals surface area contributed by atoms with Crippen molar-refractivity contribution in [2.24, 2.45) is 16.7 Å². The van der Waals surface area contributed by atoms with E-state index in [2.05, 4.69) is 38.2 Å². The van der Waals surface area contributed by atoms with E-state index in [1.807, 2.05) is 12.1 Å². The minimum absolute atomic E-state index is 0.430. The second kappa shape index (κ2) is 4.77. The lowest BCUT2D eigenvalue weighted by molar-refractivity contribution is 0.108. The molecule has 0 aromatic heterocycles. The molecule has 2 fully saturated rings. The van der Waals surface area contributed by atoms with E-state index in [9.17, 15) is 0 Å². The van der Waals surface area contributed by atoms with Crippen molar-refractivity contribution in [3.05, 3.63) is 29.8 Å². The van der Waals surface area contributed by atoms with Crippen molar-refractivity contribution in [1.82, 2.24) is 5.32 Å². The lowest BCUT2D eigenvalue weighted by Crippen LogP contribution is -2.49. The van der Waals surface area contributed by atoms with Crippen molar-refractivity contribution < 1.29 is 4.74 Å². The Kier molecular flexibility index (Phi) is 3.32. The second-order valence-electron chi connectivity index (χ2n) is 7.58. The van der Waals surface area contributed by atoms with E-state index in [1.54, 1.807) is 7.11 Å². The summed E-state index contributed by atoms with van der Waals surface area (Å²) < 4.78 is 5.22. The van der Waals surface area contributed by atoms with Gasteiger partial charge in [0.1, 0.15) is 5.75 Å². The molecular weight excluding hydrogens is 246 g/mol. The molecule has 3 rings (SSSR count). The third kappa shape index (κ3) is 2.14. The maximum Gasteiger partial charge on any atom is 0.118 e. The molecule has 2 saturated carbocycles. The highest BCUT2D eigenvalue weighted by Crippen LogP contribution is 2.62. The summed E-state index contributed by atoms with van der Waals surface area (Å²) in [5.41, 5.74) is 2.27. The van der Waals surface area contributed by atoms with Gasteiger partial charge >= 0.3 is 0 Å². The Morgan fingerprint density at radius 3 is 2.45 bits per heavy atom. The molecule has 1 aromatic rings. The quantitative estimate of drug-likeness (QED) is 0.895. The van der Waals surface area contributed by atoms with Gasteiger partial charge in [-0.25, -0.2) is 0 Å². The summed E-state index contributed by atoms with van der Waals surface area (Å²) in [5.74, 6) is 1.84. The van der Waals surface area contributed by atoms with Gasteiger partial charge in [0.25, 0.3) is 0 Å². The molecule has 3 atom stereocenters. The highest BCUT2D eigenvalue weighted by atomic mass is 16.5. The Morgan fingerprint density at radius 2 is 1.90 bits per heavy atom. The first-order valence-electron chi connectivity index (χ1n) is 7.82. The lowest BCUT2D eigenvalue weighted by Gasteiger charge is -2.43. The Morgan fingerprint density at radius 1 is 1.20 bits per heavy atom. The number of rotatable bonds is 4. The summed E-state index contributed by atoms with van der Waals surface area (Å²) in [6.45, 7) is 8.34. The Labute approximate surface area is 122 Å².